The van der Waals surface area contributed by atoms with Crippen LogP contribution in [-0.2, 0) is 18.9 Å². The summed E-state index contributed by atoms with van der Waals surface area (Å²) in [7, 11) is 0. The number of rotatable bonds is 0. The minimum Gasteiger partial charge on any atom is -0.466 e. The van der Waals surface area contributed by atoms with Crippen LogP contribution in [0.2, 0.25) is 0 Å². The van der Waals surface area contributed by atoms with Crippen molar-refractivity contribution in [1.29, 1.82) is 0 Å². The third kappa shape index (κ3) is 6.52. The van der Waals surface area contributed by atoms with Crippen LogP contribution >= 0.6 is 0 Å². The Kier molecular flexibility index (Phi) is 7.03. The Bertz CT molecular complexity index is 153. The summed E-state index contributed by atoms with van der Waals surface area (Å²) >= 11 is 0. The number of hydrogen-bond donors (Lipinski definition) is 0. The summed E-state index contributed by atoms with van der Waals surface area (Å²) in [5, 5.41) is 0. The van der Waals surface area contributed by atoms with E-state index in [4.69, 9.17) is 0 Å². The molecule has 0 amide bonds. The second-order valence-corrected chi connectivity index (χ2v) is 1.63. The summed E-state index contributed by atoms with van der Waals surface area (Å²) in [5.74, 6) is 0. The average molecular weight is 186 g/mol. The molecule has 0 radical (unpaired) electrons. The van der Waals surface area contributed by atoms with E-state index < -0.39 is 0 Å². The molecule has 0 aromatic rings. The first-order valence-electron chi connectivity index (χ1n) is 3.22. The van der Waals surface area contributed by atoms with Gasteiger partial charge in [-0.05, 0) is 0 Å². The van der Waals surface area contributed by atoms with Crippen LogP contribution < -0.4 is 0 Å². The Morgan fingerprint density at radius 2 is 0.538 bits per heavy atom. The van der Waals surface area contributed by atoms with Gasteiger partial charge in [0, 0.05) is 0 Å². The fourth-order valence-electron chi connectivity index (χ4n) is 0.438. The van der Waals surface area contributed by atoms with Crippen LogP contribution in [0.25, 0.3) is 0 Å². The molecule has 0 atom stereocenters. The monoisotopic (exact) mass is 186 g/mol. The second kappa shape index (κ2) is 8.22. The van der Waals surface area contributed by atoms with E-state index in [0.717, 1.165) is 0 Å². The van der Waals surface area contributed by atoms with Crippen LogP contribution in [0.3, 0.4) is 0 Å². The molecule has 0 fully saturated rings. The second-order valence-electron chi connectivity index (χ2n) is 1.63. The first-order valence-corrected chi connectivity index (χ1v) is 3.22. The quantitative estimate of drug-likeness (QED) is 0.568. The molecule has 2 rings (SSSR count). The molecule has 0 bridgehead atoms. The highest BCUT2D eigenvalue weighted by molar-refractivity contribution is 4.77. The highest BCUT2D eigenvalue weighted by atomic mass is 16.5. The smallest absolute Gasteiger partial charge is 0.125 e. The molecule has 13 heavy (non-hydrogen) atoms. The lowest BCUT2D eigenvalue weighted by molar-refractivity contribution is 0.290. The van der Waals surface area contributed by atoms with E-state index >= 15 is 0 Å². The van der Waals surface area contributed by atoms with E-state index in [1.165, 1.54) is 50.1 Å². The molecule has 0 aromatic carbocycles. The van der Waals surface area contributed by atoms with Crippen LogP contribution in [0.15, 0.2) is 50.1 Å². The minimum atomic E-state index is 0. The molecule has 5 heteroatoms. The Labute approximate surface area is 75.5 Å². The summed E-state index contributed by atoms with van der Waals surface area (Å²) < 4.78 is 18.3. The summed E-state index contributed by atoms with van der Waals surface area (Å²) in [5.41, 5.74) is 0. The fraction of sp³-hybridized carbons (Fsp3) is 0. The van der Waals surface area contributed by atoms with Crippen molar-refractivity contribution in [3.05, 3.63) is 50.1 Å². The van der Waals surface area contributed by atoms with Crippen molar-refractivity contribution in [3.8, 4) is 0 Å². The minimum absolute atomic E-state index is 0. The molecule has 2 heterocycles. The number of hydrogen-bond acceptors (Lipinski definition) is 4. The van der Waals surface area contributed by atoms with Crippen molar-refractivity contribution < 1.29 is 24.4 Å². The Hall–Kier alpha value is -1.88. The lowest BCUT2D eigenvalue weighted by Gasteiger charge is -1.94. The van der Waals surface area contributed by atoms with Gasteiger partial charge in [-0.25, -0.2) is 0 Å². The van der Waals surface area contributed by atoms with Crippen LogP contribution in [0.4, 0.5) is 0 Å². The van der Waals surface area contributed by atoms with Gasteiger partial charge in [0.25, 0.3) is 0 Å². The lowest BCUT2D eigenvalue weighted by Crippen LogP contribution is -1.74. The van der Waals surface area contributed by atoms with Crippen LogP contribution in [-0.4, -0.2) is 5.48 Å². The van der Waals surface area contributed by atoms with Gasteiger partial charge in [-0.15, -0.1) is 0 Å². The molecule has 0 saturated carbocycles. The van der Waals surface area contributed by atoms with Gasteiger partial charge < -0.3 is 24.4 Å². The summed E-state index contributed by atoms with van der Waals surface area (Å²) in [6.45, 7) is 0. The van der Waals surface area contributed by atoms with Crippen molar-refractivity contribution in [1.82, 2.24) is 0 Å². The topological polar surface area (TPSA) is 68.4 Å². The highest BCUT2D eigenvalue weighted by Gasteiger charge is 1.75. The fourth-order valence-corrected chi connectivity index (χ4v) is 0.438. The van der Waals surface area contributed by atoms with Crippen LogP contribution in [0.1, 0.15) is 0 Å². The summed E-state index contributed by atoms with van der Waals surface area (Å²) in [6, 6.07) is 0. The molecule has 2 aliphatic heterocycles. The van der Waals surface area contributed by atoms with Gasteiger partial charge in [0.1, 0.15) is 50.1 Å². The molecule has 72 valence electrons. The Balaban J connectivity index is 0.000000206. The zero-order chi connectivity index (χ0) is 8.49. The van der Waals surface area contributed by atoms with E-state index in [9.17, 15) is 0 Å². The van der Waals surface area contributed by atoms with Crippen molar-refractivity contribution in [2.24, 2.45) is 0 Å². The number of ether oxygens (including phenoxy) is 4. The molecule has 0 unspecified atom stereocenters. The van der Waals surface area contributed by atoms with Gasteiger partial charge in [0.15, 0.2) is 0 Å². The molecule has 0 aromatic heterocycles. The molecule has 0 aliphatic carbocycles. The molecule has 2 aliphatic rings. The zero-order valence-electron chi connectivity index (χ0n) is 6.75. The third-order valence-electron chi connectivity index (χ3n) is 0.851. The normalized spacial score (nSPS) is 14.8. The van der Waals surface area contributed by atoms with E-state index in [0.29, 0.717) is 0 Å². The first-order chi connectivity index (χ1) is 6.00. The zero-order valence-corrected chi connectivity index (χ0v) is 6.75. The molecule has 0 saturated heterocycles. The molecule has 2 N–H and O–H groups in total. The highest BCUT2D eigenvalue weighted by Crippen LogP contribution is 1.89. The van der Waals surface area contributed by atoms with Gasteiger partial charge in [0.05, 0.1) is 0 Å². The predicted octanol–water partition coefficient (Wildman–Crippen LogP) is 1.13. The van der Waals surface area contributed by atoms with E-state index in [2.05, 4.69) is 18.9 Å². The van der Waals surface area contributed by atoms with Gasteiger partial charge in [-0.2, -0.15) is 0 Å². The maximum Gasteiger partial charge on any atom is 0.125 e. The Morgan fingerprint density at radius 3 is 0.615 bits per heavy atom. The van der Waals surface area contributed by atoms with Gasteiger partial charge in [-0.1, -0.05) is 0 Å². The maximum atomic E-state index is 4.58. The van der Waals surface area contributed by atoms with Crippen LogP contribution in [0, 0.1) is 0 Å². The molecular formula is C8H10O5. The largest absolute Gasteiger partial charge is 0.466 e. The maximum absolute atomic E-state index is 4.58. The van der Waals surface area contributed by atoms with Crippen molar-refractivity contribution in [2.75, 3.05) is 0 Å². The van der Waals surface area contributed by atoms with Gasteiger partial charge >= 0.3 is 0 Å². The molecular weight excluding hydrogens is 176 g/mol. The predicted molar refractivity (Wildman–Crippen MR) is 44.5 cm³/mol. The lowest BCUT2D eigenvalue weighted by atomic mass is 10.9. The van der Waals surface area contributed by atoms with Crippen molar-refractivity contribution in [3.63, 3.8) is 0 Å². The molecule has 0 spiro atoms. The van der Waals surface area contributed by atoms with E-state index in [-0.39, 0.29) is 5.48 Å². The standard InChI is InChI=1S/2C4H4O2.H2O/c2*1-2-6-4-3-5-1;/h2*1-4H;1H2. The molecule has 5 nitrogen and oxygen atoms in total. The first kappa shape index (κ1) is 11.1. The van der Waals surface area contributed by atoms with Gasteiger partial charge in [0.2, 0.25) is 0 Å². The van der Waals surface area contributed by atoms with Crippen molar-refractivity contribution >= 4 is 0 Å². The van der Waals surface area contributed by atoms with E-state index in [1.54, 1.807) is 0 Å². The van der Waals surface area contributed by atoms with Crippen LogP contribution in [0.5, 0.6) is 0 Å². The Morgan fingerprint density at radius 1 is 0.385 bits per heavy atom. The summed E-state index contributed by atoms with van der Waals surface area (Å²) in [4.78, 5) is 0. The van der Waals surface area contributed by atoms with Gasteiger partial charge in [-0.3, -0.25) is 0 Å². The van der Waals surface area contributed by atoms with E-state index in [1.807, 2.05) is 0 Å². The third-order valence-corrected chi connectivity index (χ3v) is 0.851. The SMILES string of the molecule is C1=COC=CO1.C1=COC=CO1.O. The van der Waals surface area contributed by atoms with Crippen molar-refractivity contribution in [2.45, 2.75) is 0 Å². The summed E-state index contributed by atoms with van der Waals surface area (Å²) in [6.07, 6.45) is 11.7. The average Bonchev–Trinajstić information content (AvgIpc) is 2.24.